The van der Waals surface area contributed by atoms with E-state index in [2.05, 4.69) is 46.7 Å². The van der Waals surface area contributed by atoms with Gasteiger partial charge in [0.15, 0.2) is 17.3 Å². The zero-order valence-electron chi connectivity index (χ0n) is 44.4. The number of aliphatic hydroxyl groups is 1. The van der Waals surface area contributed by atoms with E-state index >= 15 is 0 Å². The Bertz CT molecular complexity index is 3060. The number of nitrogens with one attached hydrogen (secondary N) is 2. The van der Waals surface area contributed by atoms with Crippen molar-refractivity contribution in [3.63, 3.8) is 0 Å². The van der Waals surface area contributed by atoms with Gasteiger partial charge >= 0.3 is 160 Å². The quantitative estimate of drug-likeness (QED) is 0.0258. The van der Waals surface area contributed by atoms with E-state index in [9.17, 15) is 27.1 Å². The number of halogens is 7. The maximum Gasteiger partial charge on any atom is 1.00 e. The van der Waals surface area contributed by atoms with Crippen LogP contribution in [-0.4, -0.2) is 84.3 Å². The fourth-order valence-electron chi connectivity index (χ4n) is 7.54. The molecule has 27 heteroatoms. The average molecular weight is 1150 g/mol. The summed E-state index contributed by atoms with van der Waals surface area (Å²) in [6.07, 6.45) is 3.46. The van der Waals surface area contributed by atoms with Gasteiger partial charge in [0.05, 0.1) is 42.7 Å². The van der Waals surface area contributed by atoms with Crippen LogP contribution >= 0.6 is 0 Å². The first-order valence-corrected chi connectivity index (χ1v) is 22.5. The summed E-state index contributed by atoms with van der Waals surface area (Å²) in [7, 11) is 9.25. The topological polar surface area (TPSA) is 220 Å². The summed E-state index contributed by atoms with van der Waals surface area (Å²) in [6, 6.07) is 12.0. The number of imidazole rings is 2. The number of aliphatic hydroxyl groups excluding tert-OH is 1. The van der Waals surface area contributed by atoms with E-state index in [0.29, 0.717) is 56.4 Å². The van der Waals surface area contributed by atoms with Gasteiger partial charge in [-0.05, 0) is 99.1 Å². The maximum absolute atomic E-state index is 14.8. The Labute approximate surface area is 568 Å². The molecule has 396 valence electrons. The van der Waals surface area contributed by atoms with Gasteiger partial charge in [0, 0.05) is 31.1 Å². The molecule has 8 rings (SSSR count). The molecular weight excluding hydrogens is 1100 g/mol. The fraction of sp³-hybridized carbons (Fsp3) is 0.360. The zero-order chi connectivity index (χ0) is 52.0. The molecule has 0 spiro atoms. The number of nitrogens with zero attached hydrogens (tertiary/aromatic N) is 10. The second-order valence-corrected chi connectivity index (χ2v) is 17.0. The average Bonchev–Trinajstić information content (AvgIpc) is 4.29. The molecule has 3 N–H and O–H groups in total. The molecule has 6 aromatic rings. The van der Waals surface area contributed by atoms with E-state index in [4.69, 9.17) is 29.8 Å². The standard InChI is InChI=1S/C25H25F4N6O2.C25H27FN6O3.2FH.3K/c1-13-9-19(34-23(32-13)20(22(30)36-4)21(31-2)15-6-7-15)37-12-14-5-8-16(17(26)10-14)24-33-18(11-35(24)3)25(27,28)29;1-14(33)19-12-20(31-24(30-19)21(23(27)34-4)22(28-2)16-6-7-16)35-13-15-5-8-17(18(26)11-15)25-29-9-10-32(25)3;;;;;/h5,8-11,15,30H,6-7,12H2,1-4H3;5,8,10-12,14,16,27,33H,6-7,13H2,1-4H3;2*1H;;;/q-1;-2;;;3*+1/p-2/b21-20+,30-22?;22-21+,27-23?;;;;;. The van der Waals surface area contributed by atoms with Crippen molar-refractivity contribution in [2.45, 2.75) is 65.0 Å². The normalized spacial score (nSPS) is 13.6. The van der Waals surface area contributed by atoms with Crippen molar-refractivity contribution in [3.8, 4) is 34.5 Å². The van der Waals surface area contributed by atoms with Crippen molar-refractivity contribution in [2.75, 3.05) is 28.3 Å². The van der Waals surface area contributed by atoms with E-state index in [0.717, 1.165) is 36.4 Å². The molecule has 0 aliphatic heterocycles. The van der Waals surface area contributed by atoms with Gasteiger partial charge in [0.25, 0.3) is 0 Å². The fourth-order valence-corrected chi connectivity index (χ4v) is 7.54. The molecule has 0 bridgehead atoms. The van der Waals surface area contributed by atoms with Crippen LogP contribution in [0.25, 0.3) is 44.6 Å². The summed E-state index contributed by atoms with van der Waals surface area (Å²) in [6.45, 7) is 3.31. The number of benzene rings is 2. The molecule has 2 aliphatic rings. The van der Waals surface area contributed by atoms with Crippen molar-refractivity contribution in [3.05, 3.63) is 141 Å². The van der Waals surface area contributed by atoms with E-state index in [1.54, 1.807) is 70.0 Å². The molecule has 0 amide bonds. The summed E-state index contributed by atoms with van der Waals surface area (Å²) in [4.78, 5) is 25.4. The van der Waals surface area contributed by atoms with E-state index in [1.807, 2.05) is 0 Å². The Kier molecular flexibility index (Phi) is 28.5. The number of alkyl halides is 3. The third-order valence-corrected chi connectivity index (χ3v) is 11.5. The molecule has 0 saturated heterocycles. The zero-order valence-corrected chi connectivity index (χ0v) is 53.8. The summed E-state index contributed by atoms with van der Waals surface area (Å²) >= 11 is 0. The van der Waals surface area contributed by atoms with Crippen molar-refractivity contribution in [1.29, 1.82) is 10.8 Å². The van der Waals surface area contributed by atoms with E-state index in [-0.39, 0.29) is 235 Å². The minimum Gasteiger partial charge on any atom is -1.00 e. The number of aryl methyl sites for hydroxylation is 3. The number of hydrogen-bond donors (Lipinski definition) is 3. The van der Waals surface area contributed by atoms with E-state index < -0.39 is 29.6 Å². The van der Waals surface area contributed by atoms with Crippen LogP contribution in [0.5, 0.6) is 11.8 Å². The number of methoxy groups -OCH3 is 2. The summed E-state index contributed by atoms with van der Waals surface area (Å²) in [5.41, 5.74) is 3.29. The van der Waals surface area contributed by atoms with Gasteiger partial charge in [0.1, 0.15) is 30.7 Å². The van der Waals surface area contributed by atoms with Crippen LogP contribution in [0.4, 0.5) is 22.0 Å². The summed E-state index contributed by atoms with van der Waals surface area (Å²) in [5, 5.41) is 35.5. The Hall–Kier alpha value is -2.98. The smallest absolute Gasteiger partial charge is 1.00 e. The second kappa shape index (κ2) is 31.3. The maximum atomic E-state index is 14.8. The monoisotopic (exact) mass is 1150 g/mol. The van der Waals surface area contributed by atoms with Crippen LogP contribution in [0, 0.1) is 47.4 Å². The summed E-state index contributed by atoms with van der Waals surface area (Å²) < 4.78 is 93.4. The molecule has 2 aromatic carbocycles. The molecule has 17 nitrogen and oxygen atoms in total. The van der Waals surface area contributed by atoms with Crippen LogP contribution in [0.15, 0.2) is 72.3 Å². The molecule has 4 heterocycles. The minimum absolute atomic E-state index is 0. The molecule has 2 aliphatic carbocycles. The largest absolute Gasteiger partial charge is 1.00 e. The third kappa shape index (κ3) is 18.0. The predicted octanol–water partition coefficient (Wildman–Crippen LogP) is -5.11. The number of aromatic nitrogens is 8. The van der Waals surface area contributed by atoms with Crippen LogP contribution in [0.3, 0.4) is 0 Å². The van der Waals surface area contributed by atoms with Gasteiger partial charge in [-0.1, -0.05) is 24.4 Å². The van der Waals surface area contributed by atoms with Crippen LogP contribution < -0.4 is 173 Å². The molecule has 1 unspecified atom stereocenters. The molecule has 0 radical (unpaired) electrons. The van der Waals surface area contributed by atoms with Crippen LogP contribution in [-0.2, 0) is 43.0 Å². The number of rotatable bonds is 17. The summed E-state index contributed by atoms with van der Waals surface area (Å²) in [5.74, 6) is 0.199. The molecular formula is C50H52F7K3N12O5-2. The number of hydrogen-bond acceptors (Lipinski definition) is 13. The predicted molar refractivity (Wildman–Crippen MR) is 256 cm³/mol. The van der Waals surface area contributed by atoms with Gasteiger partial charge < -0.3 is 58.2 Å². The van der Waals surface area contributed by atoms with Crippen molar-refractivity contribution < 1.29 is 210 Å². The number of ether oxygens (including phenoxy) is 4. The van der Waals surface area contributed by atoms with Gasteiger partial charge in [-0.2, -0.15) is 23.1 Å². The minimum atomic E-state index is -4.63. The van der Waals surface area contributed by atoms with Crippen LogP contribution in [0.2, 0.25) is 0 Å². The van der Waals surface area contributed by atoms with E-state index in [1.165, 1.54) is 45.5 Å². The Morgan fingerprint density at radius 2 is 1.19 bits per heavy atom. The molecule has 4 aromatic heterocycles. The molecule has 2 fully saturated rings. The van der Waals surface area contributed by atoms with Crippen molar-refractivity contribution in [1.82, 2.24) is 39.0 Å². The molecule has 77 heavy (non-hydrogen) atoms. The second-order valence-electron chi connectivity index (χ2n) is 17.0. The van der Waals surface area contributed by atoms with Gasteiger partial charge in [-0.15, -0.1) is 31.7 Å². The third-order valence-electron chi connectivity index (χ3n) is 11.5. The Morgan fingerprint density at radius 1 is 0.727 bits per heavy atom. The first-order valence-electron chi connectivity index (χ1n) is 22.5. The SMILES string of the molecule is C[N-]/C(=C(\C(=N)OC)c1nc(C)cc(OCc2ccc(-c3nc(C(F)(F)F)cn3C)c(F)c2)n1)C1CC1.C[N-]/C(=C(\C(=N)OC)c1nc(OCc2ccc(-c3n[c-]cn3C)c(F)c2)cc(C(C)O)n1)C1CC1.[F-].[F-].[K+].[K+].[K+]. The van der Waals surface area contributed by atoms with Gasteiger partial charge in [-0.3, -0.25) is 10.8 Å². The Balaban J connectivity index is 0.000000495. The van der Waals surface area contributed by atoms with Crippen molar-refractivity contribution >= 4 is 22.9 Å². The van der Waals surface area contributed by atoms with Gasteiger partial charge in [0.2, 0.25) is 23.6 Å². The first-order chi connectivity index (χ1) is 34.3. The Morgan fingerprint density at radius 3 is 1.58 bits per heavy atom. The number of allylic oxidation sites excluding steroid dienone is 2. The van der Waals surface area contributed by atoms with Crippen molar-refractivity contribution in [2.24, 2.45) is 25.9 Å². The molecule has 1 atom stereocenters. The molecule has 2 saturated carbocycles. The van der Waals surface area contributed by atoms with Crippen LogP contribution in [0.1, 0.15) is 78.6 Å². The first kappa shape index (κ1) is 70.1. The van der Waals surface area contributed by atoms with Gasteiger partial charge in [-0.25, -0.2) is 23.7 Å².